The van der Waals surface area contributed by atoms with Crippen molar-refractivity contribution in [3.63, 3.8) is 0 Å². The number of nitrogens with one attached hydrogen (secondary N) is 2. The number of carbonyl (C=O) groups is 1. The van der Waals surface area contributed by atoms with Crippen molar-refractivity contribution < 1.29 is 9.53 Å². The molecule has 1 aliphatic rings. The lowest BCUT2D eigenvalue weighted by Crippen LogP contribution is -2.28. The van der Waals surface area contributed by atoms with E-state index in [-0.39, 0.29) is 11.8 Å². The summed E-state index contributed by atoms with van der Waals surface area (Å²) in [6, 6.07) is 12.8. The minimum absolute atomic E-state index is 0.0264. The fourth-order valence-corrected chi connectivity index (χ4v) is 3.09. The molecule has 1 heterocycles. The highest BCUT2D eigenvalue weighted by Gasteiger charge is 2.21. The lowest BCUT2D eigenvalue weighted by Gasteiger charge is -2.21. The van der Waals surface area contributed by atoms with Crippen LogP contribution in [0.15, 0.2) is 42.5 Å². The molecule has 1 amide bonds. The molecule has 0 aliphatic carbocycles. The summed E-state index contributed by atoms with van der Waals surface area (Å²) in [5, 5.41) is 7.25. The van der Waals surface area contributed by atoms with E-state index in [1.165, 1.54) is 0 Å². The van der Waals surface area contributed by atoms with Crippen molar-refractivity contribution in [2.45, 2.75) is 12.8 Å². The molecule has 1 saturated heterocycles. The van der Waals surface area contributed by atoms with Gasteiger partial charge in [-0.1, -0.05) is 29.3 Å². The first-order valence-corrected chi connectivity index (χ1v) is 8.59. The number of halogens is 2. The Bertz CT molecular complexity index is 693. The number of rotatable bonds is 4. The monoisotopic (exact) mass is 364 g/mol. The number of hydrogen-bond donors (Lipinski definition) is 2. The molecule has 0 spiro atoms. The maximum atomic E-state index is 12.2. The van der Waals surface area contributed by atoms with Gasteiger partial charge in [0.05, 0.1) is 15.7 Å². The zero-order valence-corrected chi connectivity index (χ0v) is 14.5. The number of benzene rings is 2. The van der Waals surface area contributed by atoms with Crippen molar-refractivity contribution in [2.24, 2.45) is 5.92 Å². The maximum absolute atomic E-state index is 12.2. The number of ether oxygens (including phenoxy) is 1. The standard InChI is InChI=1S/C18H18Cl2N2O2/c19-15-2-1-3-16(20)17(15)21-13-4-6-14(7-5-13)22-18(23)12-8-10-24-11-9-12/h1-7,12,21H,8-11H2,(H,22,23). The molecule has 0 radical (unpaired) electrons. The number of anilines is 3. The number of hydrogen-bond acceptors (Lipinski definition) is 3. The van der Waals surface area contributed by atoms with Gasteiger partial charge in [0.2, 0.25) is 5.91 Å². The van der Waals surface area contributed by atoms with Crippen molar-refractivity contribution in [1.82, 2.24) is 0 Å². The predicted octanol–water partition coefficient (Wildman–Crippen LogP) is 5.10. The van der Waals surface area contributed by atoms with Crippen molar-refractivity contribution in [1.29, 1.82) is 0 Å². The lowest BCUT2D eigenvalue weighted by molar-refractivity contribution is -0.122. The van der Waals surface area contributed by atoms with Gasteiger partial charge in [0.1, 0.15) is 0 Å². The van der Waals surface area contributed by atoms with Gasteiger partial charge in [-0.25, -0.2) is 0 Å². The van der Waals surface area contributed by atoms with Gasteiger partial charge < -0.3 is 15.4 Å². The molecule has 4 nitrogen and oxygen atoms in total. The molecule has 1 aliphatic heterocycles. The van der Waals surface area contributed by atoms with Gasteiger partial charge >= 0.3 is 0 Å². The Morgan fingerprint density at radius 2 is 1.54 bits per heavy atom. The summed E-state index contributed by atoms with van der Waals surface area (Å²) in [7, 11) is 0. The molecule has 126 valence electrons. The minimum Gasteiger partial charge on any atom is -0.381 e. The Morgan fingerprint density at radius 1 is 0.958 bits per heavy atom. The molecular formula is C18H18Cl2N2O2. The normalized spacial score (nSPS) is 15.1. The van der Waals surface area contributed by atoms with Crippen LogP contribution < -0.4 is 10.6 Å². The van der Waals surface area contributed by atoms with Crippen LogP contribution in [-0.4, -0.2) is 19.1 Å². The van der Waals surface area contributed by atoms with Gasteiger partial charge in [0.15, 0.2) is 0 Å². The molecule has 6 heteroatoms. The van der Waals surface area contributed by atoms with E-state index in [1.54, 1.807) is 18.2 Å². The van der Waals surface area contributed by atoms with Gasteiger partial charge in [0, 0.05) is 30.5 Å². The van der Waals surface area contributed by atoms with Crippen LogP contribution in [0.3, 0.4) is 0 Å². The fourth-order valence-electron chi connectivity index (χ4n) is 2.60. The largest absolute Gasteiger partial charge is 0.381 e. The predicted molar refractivity (Wildman–Crippen MR) is 98.4 cm³/mol. The second-order valence-electron chi connectivity index (χ2n) is 5.67. The van der Waals surface area contributed by atoms with Gasteiger partial charge in [-0.15, -0.1) is 0 Å². The molecule has 24 heavy (non-hydrogen) atoms. The average molecular weight is 365 g/mol. The van der Waals surface area contributed by atoms with E-state index in [9.17, 15) is 4.79 Å². The Balaban J connectivity index is 1.64. The van der Waals surface area contributed by atoms with E-state index in [2.05, 4.69) is 10.6 Å². The van der Waals surface area contributed by atoms with Crippen LogP contribution in [0.4, 0.5) is 17.1 Å². The molecule has 3 rings (SSSR count). The van der Waals surface area contributed by atoms with Crippen molar-refractivity contribution >= 4 is 46.2 Å². The Kier molecular flexibility index (Phi) is 5.61. The summed E-state index contributed by atoms with van der Waals surface area (Å²) in [4.78, 5) is 12.2. The topological polar surface area (TPSA) is 50.4 Å². The maximum Gasteiger partial charge on any atom is 0.227 e. The lowest BCUT2D eigenvalue weighted by atomic mass is 9.99. The molecule has 0 atom stereocenters. The second kappa shape index (κ2) is 7.88. The number of carbonyl (C=O) groups excluding carboxylic acids is 1. The molecular weight excluding hydrogens is 347 g/mol. The van der Waals surface area contributed by atoms with Gasteiger partial charge in [0.25, 0.3) is 0 Å². The quantitative estimate of drug-likeness (QED) is 0.792. The van der Waals surface area contributed by atoms with Gasteiger partial charge in [-0.2, -0.15) is 0 Å². The third-order valence-corrected chi connectivity index (χ3v) is 4.61. The van der Waals surface area contributed by atoms with Crippen molar-refractivity contribution in [2.75, 3.05) is 23.8 Å². The molecule has 0 saturated carbocycles. The first kappa shape index (κ1) is 17.1. The molecule has 0 aromatic heterocycles. The highest BCUT2D eigenvalue weighted by atomic mass is 35.5. The summed E-state index contributed by atoms with van der Waals surface area (Å²) in [5.41, 5.74) is 2.27. The first-order valence-electron chi connectivity index (χ1n) is 7.83. The summed E-state index contributed by atoms with van der Waals surface area (Å²) < 4.78 is 5.28. The molecule has 2 N–H and O–H groups in total. The average Bonchev–Trinajstić information content (AvgIpc) is 2.60. The van der Waals surface area contributed by atoms with E-state index in [1.807, 2.05) is 24.3 Å². The molecule has 2 aromatic carbocycles. The van der Waals surface area contributed by atoms with Crippen molar-refractivity contribution in [3.05, 3.63) is 52.5 Å². The van der Waals surface area contributed by atoms with E-state index in [0.717, 1.165) is 24.2 Å². The van der Waals surface area contributed by atoms with Crippen molar-refractivity contribution in [3.8, 4) is 0 Å². The van der Waals surface area contributed by atoms with Gasteiger partial charge in [-0.05, 0) is 49.2 Å². The number of para-hydroxylation sites is 1. The minimum atomic E-state index is 0.0264. The van der Waals surface area contributed by atoms with Crippen LogP contribution in [0.2, 0.25) is 10.0 Å². The highest BCUT2D eigenvalue weighted by Crippen LogP contribution is 2.32. The Morgan fingerprint density at radius 3 is 2.17 bits per heavy atom. The van der Waals surface area contributed by atoms with Crippen LogP contribution >= 0.6 is 23.2 Å². The molecule has 2 aromatic rings. The zero-order valence-electron chi connectivity index (χ0n) is 13.0. The highest BCUT2D eigenvalue weighted by molar-refractivity contribution is 6.39. The van der Waals surface area contributed by atoms with Gasteiger partial charge in [-0.3, -0.25) is 4.79 Å². The zero-order chi connectivity index (χ0) is 16.9. The number of amides is 1. The second-order valence-corrected chi connectivity index (χ2v) is 6.49. The molecule has 0 unspecified atom stereocenters. The van der Waals surface area contributed by atoms with Crippen LogP contribution in [-0.2, 0) is 9.53 Å². The van der Waals surface area contributed by atoms with Crippen LogP contribution in [0, 0.1) is 5.92 Å². The summed E-state index contributed by atoms with van der Waals surface area (Å²) in [6.07, 6.45) is 1.55. The summed E-state index contributed by atoms with van der Waals surface area (Å²) in [6.45, 7) is 1.30. The fraction of sp³-hybridized carbons (Fsp3) is 0.278. The third-order valence-electron chi connectivity index (χ3n) is 3.98. The van der Waals surface area contributed by atoms with E-state index in [4.69, 9.17) is 27.9 Å². The van der Waals surface area contributed by atoms with Crippen LogP contribution in [0.25, 0.3) is 0 Å². The third kappa shape index (κ3) is 4.20. The SMILES string of the molecule is O=C(Nc1ccc(Nc2c(Cl)cccc2Cl)cc1)C1CCOCC1. The Hall–Kier alpha value is -1.75. The van der Waals surface area contributed by atoms with Crippen LogP contribution in [0.1, 0.15) is 12.8 Å². The Labute approximate surface area is 151 Å². The summed E-state index contributed by atoms with van der Waals surface area (Å²) >= 11 is 12.3. The summed E-state index contributed by atoms with van der Waals surface area (Å²) in [5.74, 6) is 0.0756. The van der Waals surface area contributed by atoms with Crippen LogP contribution in [0.5, 0.6) is 0 Å². The van der Waals surface area contributed by atoms with E-state index in [0.29, 0.717) is 28.9 Å². The van der Waals surface area contributed by atoms with E-state index < -0.39 is 0 Å². The van der Waals surface area contributed by atoms with E-state index >= 15 is 0 Å². The molecule has 0 bridgehead atoms. The first-order chi connectivity index (χ1) is 11.6. The molecule has 1 fully saturated rings. The smallest absolute Gasteiger partial charge is 0.227 e.